The number of nitrogens with one attached hydrogen (secondary N) is 1. The molecule has 2 aliphatic rings. The Bertz CT molecular complexity index is 470. The van der Waals surface area contributed by atoms with E-state index in [1.165, 1.54) is 0 Å². The van der Waals surface area contributed by atoms with Crippen LogP contribution in [-0.2, 0) is 20.8 Å². The number of carbonyl (C=O) groups excluding carboxylic acids is 1. The van der Waals surface area contributed by atoms with Gasteiger partial charge in [-0.1, -0.05) is 0 Å². The van der Waals surface area contributed by atoms with Gasteiger partial charge in [0.2, 0.25) is 5.91 Å². The molecule has 3 atom stereocenters. The number of hydrogen-bond acceptors (Lipinski definition) is 5. The first kappa shape index (κ1) is 13.5. The molecule has 0 spiro atoms. The zero-order valence-electron chi connectivity index (χ0n) is 11.3. The molecule has 2 aliphatic heterocycles. The maximum atomic E-state index is 12.0. The van der Waals surface area contributed by atoms with Gasteiger partial charge in [0, 0.05) is 18.8 Å². The SMILES string of the molecule is NC1COCC1C(=O)Nc1cnn(CC2CCCO2)c1. The number of rotatable bonds is 4. The lowest BCUT2D eigenvalue weighted by molar-refractivity contribution is -0.120. The fourth-order valence-electron chi connectivity index (χ4n) is 2.60. The Labute approximate surface area is 117 Å². The molecule has 0 saturated carbocycles. The third-order valence-corrected chi connectivity index (χ3v) is 3.78. The topological polar surface area (TPSA) is 91.4 Å². The summed E-state index contributed by atoms with van der Waals surface area (Å²) in [5.74, 6) is -0.386. The second kappa shape index (κ2) is 5.90. The van der Waals surface area contributed by atoms with Crippen LogP contribution in [0.15, 0.2) is 12.4 Å². The quantitative estimate of drug-likeness (QED) is 0.808. The van der Waals surface area contributed by atoms with Crippen molar-refractivity contribution in [1.82, 2.24) is 9.78 Å². The molecule has 3 N–H and O–H groups in total. The van der Waals surface area contributed by atoms with Crippen molar-refractivity contribution >= 4 is 11.6 Å². The van der Waals surface area contributed by atoms with Crippen LogP contribution in [-0.4, -0.2) is 47.7 Å². The molecule has 0 radical (unpaired) electrons. The highest BCUT2D eigenvalue weighted by molar-refractivity contribution is 5.93. The highest BCUT2D eigenvalue weighted by Gasteiger charge is 2.31. The van der Waals surface area contributed by atoms with Gasteiger partial charge in [-0.15, -0.1) is 0 Å². The van der Waals surface area contributed by atoms with Gasteiger partial charge in [-0.25, -0.2) is 0 Å². The average molecular weight is 280 g/mol. The highest BCUT2D eigenvalue weighted by atomic mass is 16.5. The van der Waals surface area contributed by atoms with Crippen LogP contribution in [0.5, 0.6) is 0 Å². The largest absolute Gasteiger partial charge is 0.379 e. The average Bonchev–Trinajstić information content (AvgIpc) is 3.12. The van der Waals surface area contributed by atoms with Gasteiger partial charge < -0.3 is 20.5 Å². The first-order valence-electron chi connectivity index (χ1n) is 7.00. The summed E-state index contributed by atoms with van der Waals surface area (Å²) in [4.78, 5) is 12.0. The van der Waals surface area contributed by atoms with Crippen molar-refractivity contribution in [2.75, 3.05) is 25.1 Å². The number of carbonyl (C=O) groups is 1. The van der Waals surface area contributed by atoms with E-state index in [9.17, 15) is 4.79 Å². The lowest BCUT2D eigenvalue weighted by Gasteiger charge is -2.12. The van der Waals surface area contributed by atoms with Gasteiger partial charge in [0.1, 0.15) is 0 Å². The maximum absolute atomic E-state index is 12.0. The lowest BCUT2D eigenvalue weighted by Crippen LogP contribution is -2.37. The van der Waals surface area contributed by atoms with E-state index >= 15 is 0 Å². The van der Waals surface area contributed by atoms with E-state index in [-0.39, 0.29) is 24.0 Å². The van der Waals surface area contributed by atoms with Crippen LogP contribution in [0.2, 0.25) is 0 Å². The predicted molar refractivity (Wildman–Crippen MR) is 72.1 cm³/mol. The Hall–Kier alpha value is -1.44. The summed E-state index contributed by atoms with van der Waals surface area (Å²) < 4.78 is 12.6. The van der Waals surface area contributed by atoms with Crippen LogP contribution in [0, 0.1) is 5.92 Å². The van der Waals surface area contributed by atoms with E-state index in [0.29, 0.717) is 18.9 Å². The molecule has 2 fully saturated rings. The molecule has 0 bridgehead atoms. The molecule has 2 saturated heterocycles. The van der Waals surface area contributed by atoms with E-state index in [2.05, 4.69) is 10.4 Å². The van der Waals surface area contributed by atoms with Crippen LogP contribution in [0.25, 0.3) is 0 Å². The number of hydrogen-bond donors (Lipinski definition) is 2. The van der Waals surface area contributed by atoms with Crippen LogP contribution in [0.1, 0.15) is 12.8 Å². The van der Waals surface area contributed by atoms with E-state index in [0.717, 1.165) is 26.0 Å². The molecule has 0 aromatic carbocycles. The molecule has 3 rings (SSSR count). The molecular weight excluding hydrogens is 260 g/mol. The standard InChI is InChI=1S/C13H20N4O3/c14-12-8-19-7-11(12)13(18)16-9-4-15-17(5-9)6-10-2-1-3-20-10/h4-5,10-12H,1-3,6-8,14H2,(H,16,18). The van der Waals surface area contributed by atoms with Crippen molar-refractivity contribution in [3.05, 3.63) is 12.4 Å². The van der Waals surface area contributed by atoms with Gasteiger partial charge in [0.15, 0.2) is 0 Å². The normalized spacial score (nSPS) is 29.8. The fourth-order valence-corrected chi connectivity index (χ4v) is 2.60. The molecule has 3 heterocycles. The van der Waals surface area contributed by atoms with Gasteiger partial charge in [-0.3, -0.25) is 9.48 Å². The van der Waals surface area contributed by atoms with Gasteiger partial charge in [0.05, 0.1) is 43.7 Å². The Kier molecular flexibility index (Phi) is 4.00. The van der Waals surface area contributed by atoms with Crippen molar-refractivity contribution < 1.29 is 14.3 Å². The molecule has 110 valence electrons. The zero-order chi connectivity index (χ0) is 13.9. The van der Waals surface area contributed by atoms with Gasteiger partial charge in [-0.2, -0.15) is 5.10 Å². The van der Waals surface area contributed by atoms with Crippen molar-refractivity contribution in [2.24, 2.45) is 11.7 Å². The summed E-state index contributed by atoms with van der Waals surface area (Å²) in [6.45, 7) is 2.38. The molecule has 3 unspecified atom stereocenters. The molecule has 0 aliphatic carbocycles. The molecule has 7 nitrogen and oxygen atoms in total. The Balaban J connectivity index is 1.55. The Morgan fingerprint density at radius 3 is 3.15 bits per heavy atom. The van der Waals surface area contributed by atoms with Crippen molar-refractivity contribution in [3.63, 3.8) is 0 Å². The number of nitrogens with zero attached hydrogens (tertiary/aromatic N) is 2. The van der Waals surface area contributed by atoms with E-state index in [1.54, 1.807) is 10.9 Å². The summed E-state index contributed by atoms with van der Waals surface area (Å²) >= 11 is 0. The van der Waals surface area contributed by atoms with Crippen LogP contribution in [0.4, 0.5) is 5.69 Å². The first-order valence-corrected chi connectivity index (χ1v) is 7.00. The van der Waals surface area contributed by atoms with Crippen molar-refractivity contribution in [1.29, 1.82) is 0 Å². The second-order valence-corrected chi connectivity index (χ2v) is 5.38. The third kappa shape index (κ3) is 3.00. The summed E-state index contributed by atoms with van der Waals surface area (Å²) in [6.07, 6.45) is 5.87. The second-order valence-electron chi connectivity index (χ2n) is 5.38. The predicted octanol–water partition coefficient (Wildman–Crippen LogP) is -0.0257. The number of ether oxygens (including phenoxy) is 2. The zero-order valence-corrected chi connectivity index (χ0v) is 11.3. The minimum Gasteiger partial charge on any atom is -0.379 e. The first-order chi connectivity index (χ1) is 9.72. The molecular formula is C13H20N4O3. The van der Waals surface area contributed by atoms with E-state index in [4.69, 9.17) is 15.2 Å². The minimum absolute atomic E-state index is 0.105. The summed E-state index contributed by atoms with van der Waals surface area (Å²) in [7, 11) is 0. The maximum Gasteiger partial charge on any atom is 0.231 e. The smallest absolute Gasteiger partial charge is 0.231 e. The number of amides is 1. The van der Waals surface area contributed by atoms with Crippen LogP contribution < -0.4 is 11.1 Å². The molecule has 20 heavy (non-hydrogen) atoms. The van der Waals surface area contributed by atoms with Crippen LogP contribution >= 0.6 is 0 Å². The minimum atomic E-state index is -0.281. The Morgan fingerprint density at radius 2 is 2.45 bits per heavy atom. The third-order valence-electron chi connectivity index (χ3n) is 3.78. The number of aromatic nitrogens is 2. The molecule has 1 aromatic rings. The summed E-state index contributed by atoms with van der Waals surface area (Å²) in [6, 6.07) is -0.225. The highest BCUT2D eigenvalue weighted by Crippen LogP contribution is 2.17. The van der Waals surface area contributed by atoms with E-state index < -0.39 is 0 Å². The number of anilines is 1. The number of nitrogens with two attached hydrogens (primary N) is 1. The molecule has 1 aromatic heterocycles. The van der Waals surface area contributed by atoms with Crippen molar-refractivity contribution in [3.8, 4) is 0 Å². The van der Waals surface area contributed by atoms with Gasteiger partial charge in [0.25, 0.3) is 0 Å². The fraction of sp³-hybridized carbons (Fsp3) is 0.692. The van der Waals surface area contributed by atoms with Crippen LogP contribution in [0.3, 0.4) is 0 Å². The Morgan fingerprint density at radius 1 is 1.55 bits per heavy atom. The van der Waals surface area contributed by atoms with Gasteiger partial charge >= 0.3 is 0 Å². The molecule has 7 heteroatoms. The summed E-state index contributed by atoms with van der Waals surface area (Å²) in [5.41, 5.74) is 6.51. The monoisotopic (exact) mass is 280 g/mol. The molecule has 1 amide bonds. The van der Waals surface area contributed by atoms with Gasteiger partial charge in [-0.05, 0) is 12.8 Å². The van der Waals surface area contributed by atoms with Crippen molar-refractivity contribution in [2.45, 2.75) is 31.5 Å². The van der Waals surface area contributed by atoms with E-state index in [1.807, 2.05) is 6.20 Å². The lowest BCUT2D eigenvalue weighted by atomic mass is 10.0. The summed E-state index contributed by atoms with van der Waals surface area (Å²) in [5, 5.41) is 7.07.